The van der Waals surface area contributed by atoms with Gasteiger partial charge in [-0.2, -0.15) is 0 Å². The van der Waals surface area contributed by atoms with Gasteiger partial charge in [0.25, 0.3) is 0 Å². The standard InChI is InChI=1S/C22H28O3/c1-14-12-17(19(23)13-15(14)2)7-6-16-8-9-20-18(21(16)24-5)10-11-22(3,4)25-20/h8-9,12-13,23H,6-7,10-11H2,1-5H3. The zero-order valence-corrected chi connectivity index (χ0v) is 15.9. The average Bonchev–Trinajstić information content (AvgIpc) is 2.55. The van der Waals surface area contributed by atoms with Crippen LogP contribution in [0.3, 0.4) is 0 Å². The molecular weight excluding hydrogens is 312 g/mol. The van der Waals surface area contributed by atoms with Crippen LogP contribution in [0.5, 0.6) is 17.2 Å². The van der Waals surface area contributed by atoms with Crippen molar-refractivity contribution in [2.45, 2.75) is 59.0 Å². The molecule has 0 spiro atoms. The Kier molecular flexibility index (Phi) is 4.68. The van der Waals surface area contributed by atoms with Crippen LogP contribution >= 0.6 is 0 Å². The predicted molar refractivity (Wildman–Crippen MR) is 101 cm³/mol. The van der Waals surface area contributed by atoms with Gasteiger partial charge in [0.05, 0.1) is 7.11 Å². The van der Waals surface area contributed by atoms with Crippen LogP contribution in [-0.2, 0) is 19.3 Å². The van der Waals surface area contributed by atoms with E-state index in [1.165, 1.54) is 16.7 Å². The molecule has 2 aromatic carbocycles. The number of hydrogen-bond acceptors (Lipinski definition) is 3. The summed E-state index contributed by atoms with van der Waals surface area (Å²) in [5.41, 5.74) is 5.53. The van der Waals surface area contributed by atoms with Gasteiger partial charge in [-0.15, -0.1) is 0 Å². The van der Waals surface area contributed by atoms with Gasteiger partial charge < -0.3 is 14.6 Å². The van der Waals surface area contributed by atoms with Crippen molar-refractivity contribution < 1.29 is 14.6 Å². The van der Waals surface area contributed by atoms with E-state index in [2.05, 4.69) is 39.0 Å². The molecule has 3 nitrogen and oxygen atoms in total. The first-order valence-corrected chi connectivity index (χ1v) is 8.97. The molecule has 0 saturated carbocycles. The Labute approximate surface area is 150 Å². The minimum absolute atomic E-state index is 0.120. The molecule has 0 fully saturated rings. The molecule has 1 aliphatic heterocycles. The molecule has 0 bridgehead atoms. The van der Waals surface area contributed by atoms with E-state index in [0.717, 1.165) is 48.3 Å². The van der Waals surface area contributed by atoms with Crippen LogP contribution in [0.25, 0.3) is 0 Å². The maximum absolute atomic E-state index is 10.2. The van der Waals surface area contributed by atoms with Crippen LogP contribution in [0.2, 0.25) is 0 Å². The molecule has 134 valence electrons. The summed E-state index contributed by atoms with van der Waals surface area (Å²) in [6, 6.07) is 8.09. The second kappa shape index (κ2) is 6.62. The summed E-state index contributed by atoms with van der Waals surface area (Å²) in [5, 5.41) is 10.2. The first-order chi connectivity index (χ1) is 11.8. The topological polar surface area (TPSA) is 38.7 Å². The quantitative estimate of drug-likeness (QED) is 0.860. The van der Waals surface area contributed by atoms with Gasteiger partial charge in [-0.3, -0.25) is 0 Å². The summed E-state index contributed by atoms with van der Waals surface area (Å²) in [5.74, 6) is 2.26. The molecule has 0 unspecified atom stereocenters. The zero-order valence-electron chi connectivity index (χ0n) is 15.9. The number of hydrogen-bond donors (Lipinski definition) is 1. The van der Waals surface area contributed by atoms with E-state index in [-0.39, 0.29) is 5.60 Å². The van der Waals surface area contributed by atoms with Gasteiger partial charge in [-0.25, -0.2) is 0 Å². The highest BCUT2D eigenvalue weighted by Crippen LogP contribution is 2.40. The summed E-state index contributed by atoms with van der Waals surface area (Å²) >= 11 is 0. The van der Waals surface area contributed by atoms with Crippen LogP contribution in [0, 0.1) is 13.8 Å². The highest BCUT2D eigenvalue weighted by Gasteiger charge is 2.29. The fourth-order valence-electron chi connectivity index (χ4n) is 3.55. The van der Waals surface area contributed by atoms with Gasteiger partial charge in [0.2, 0.25) is 0 Å². The Morgan fingerprint density at radius 3 is 2.48 bits per heavy atom. The summed E-state index contributed by atoms with van der Waals surface area (Å²) in [6.07, 6.45) is 3.57. The van der Waals surface area contributed by atoms with Gasteiger partial charge in [0.1, 0.15) is 22.8 Å². The van der Waals surface area contributed by atoms with Gasteiger partial charge in [0, 0.05) is 5.56 Å². The van der Waals surface area contributed by atoms with Crippen LogP contribution in [0.4, 0.5) is 0 Å². The van der Waals surface area contributed by atoms with E-state index in [0.29, 0.717) is 5.75 Å². The Hall–Kier alpha value is -2.16. The van der Waals surface area contributed by atoms with E-state index in [1.54, 1.807) is 7.11 Å². The van der Waals surface area contributed by atoms with Crippen molar-refractivity contribution in [2.24, 2.45) is 0 Å². The number of methoxy groups -OCH3 is 1. The molecule has 0 aromatic heterocycles. The van der Waals surface area contributed by atoms with Crippen molar-refractivity contribution in [3.05, 3.63) is 52.1 Å². The third-order valence-electron chi connectivity index (χ3n) is 5.23. The molecular formula is C22H28O3. The first kappa shape index (κ1) is 17.7. The molecule has 0 amide bonds. The molecule has 0 saturated heterocycles. The highest BCUT2D eigenvalue weighted by molar-refractivity contribution is 5.52. The first-order valence-electron chi connectivity index (χ1n) is 8.97. The van der Waals surface area contributed by atoms with E-state index < -0.39 is 0 Å². The van der Waals surface area contributed by atoms with Crippen molar-refractivity contribution in [3.63, 3.8) is 0 Å². The Morgan fingerprint density at radius 1 is 1.08 bits per heavy atom. The second-order valence-corrected chi connectivity index (χ2v) is 7.66. The van der Waals surface area contributed by atoms with Gasteiger partial charge in [0.15, 0.2) is 0 Å². The molecule has 3 heteroatoms. The largest absolute Gasteiger partial charge is 0.508 e. The van der Waals surface area contributed by atoms with Gasteiger partial charge in [-0.1, -0.05) is 12.1 Å². The number of ether oxygens (including phenoxy) is 2. The zero-order chi connectivity index (χ0) is 18.2. The third kappa shape index (κ3) is 3.60. The Morgan fingerprint density at radius 2 is 1.76 bits per heavy atom. The van der Waals surface area contributed by atoms with Gasteiger partial charge in [-0.05, 0) is 87.8 Å². The molecule has 1 N–H and O–H groups in total. The molecule has 1 heterocycles. The minimum Gasteiger partial charge on any atom is -0.508 e. The van der Waals surface area contributed by atoms with Crippen molar-refractivity contribution in [1.82, 2.24) is 0 Å². The molecule has 2 aromatic rings. The predicted octanol–water partition coefficient (Wildman–Crippen LogP) is 4.91. The van der Waals surface area contributed by atoms with Crippen molar-refractivity contribution in [1.29, 1.82) is 0 Å². The lowest BCUT2D eigenvalue weighted by Crippen LogP contribution is -2.32. The van der Waals surface area contributed by atoms with E-state index in [9.17, 15) is 5.11 Å². The number of rotatable bonds is 4. The van der Waals surface area contributed by atoms with Crippen molar-refractivity contribution >= 4 is 0 Å². The number of phenols is 1. The monoisotopic (exact) mass is 340 g/mol. The van der Waals surface area contributed by atoms with Crippen LogP contribution in [-0.4, -0.2) is 17.8 Å². The summed E-state index contributed by atoms with van der Waals surface area (Å²) < 4.78 is 11.8. The van der Waals surface area contributed by atoms with Crippen molar-refractivity contribution in [2.75, 3.05) is 7.11 Å². The lowest BCUT2D eigenvalue weighted by atomic mass is 9.91. The lowest BCUT2D eigenvalue weighted by molar-refractivity contribution is 0.0835. The summed E-state index contributed by atoms with van der Waals surface area (Å²) in [6.45, 7) is 8.35. The molecule has 0 aliphatic carbocycles. The molecule has 3 rings (SSSR count). The van der Waals surface area contributed by atoms with E-state index in [4.69, 9.17) is 9.47 Å². The van der Waals surface area contributed by atoms with Crippen molar-refractivity contribution in [3.8, 4) is 17.2 Å². The average molecular weight is 340 g/mol. The van der Waals surface area contributed by atoms with Crippen LogP contribution in [0.1, 0.15) is 48.1 Å². The number of phenolic OH excluding ortho intramolecular Hbond substituents is 1. The minimum atomic E-state index is -0.120. The third-order valence-corrected chi connectivity index (χ3v) is 5.23. The Bertz CT molecular complexity index is 790. The summed E-state index contributed by atoms with van der Waals surface area (Å²) in [4.78, 5) is 0. The molecule has 25 heavy (non-hydrogen) atoms. The van der Waals surface area contributed by atoms with Crippen LogP contribution in [0.15, 0.2) is 24.3 Å². The maximum atomic E-state index is 10.2. The number of aryl methyl sites for hydroxylation is 4. The fraction of sp³-hybridized carbons (Fsp3) is 0.455. The summed E-state index contributed by atoms with van der Waals surface area (Å²) in [7, 11) is 1.73. The van der Waals surface area contributed by atoms with E-state index in [1.807, 2.05) is 13.0 Å². The normalized spacial score (nSPS) is 15.4. The van der Waals surface area contributed by atoms with E-state index >= 15 is 0 Å². The van der Waals surface area contributed by atoms with Crippen LogP contribution < -0.4 is 9.47 Å². The maximum Gasteiger partial charge on any atom is 0.128 e. The molecule has 1 aliphatic rings. The molecule has 0 atom stereocenters. The highest BCUT2D eigenvalue weighted by atomic mass is 16.5. The Balaban J connectivity index is 1.85. The number of aromatic hydroxyl groups is 1. The van der Waals surface area contributed by atoms with Gasteiger partial charge >= 0.3 is 0 Å². The number of fused-ring (bicyclic) bond motifs is 1. The SMILES string of the molecule is COc1c(CCc2cc(C)c(C)cc2O)ccc2c1CCC(C)(C)O2. The lowest BCUT2D eigenvalue weighted by Gasteiger charge is -2.33. The second-order valence-electron chi connectivity index (χ2n) is 7.66. The number of benzene rings is 2. The smallest absolute Gasteiger partial charge is 0.128 e. The fourth-order valence-corrected chi connectivity index (χ4v) is 3.55. The molecule has 0 radical (unpaired) electrons.